The number of methoxy groups -OCH3 is 1. The van der Waals surface area contributed by atoms with Crippen LogP contribution in [-0.2, 0) is 16.0 Å². The summed E-state index contributed by atoms with van der Waals surface area (Å²) in [6.07, 6.45) is -0.287. The lowest BCUT2D eigenvalue weighted by atomic mass is 10.1. The van der Waals surface area contributed by atoms with Crippen LogP contribution in [0.4, 0.5) is 13.2 Å². The van der Waals surface area contributed by atoms with Crippen molar-refractivity contribution in [1.82, 2.24) is 0 Å². The van der Waals surface area contributed by atoms with E-state index >= 15 is 0 Å². The van der Waals surface area contributed by atoms with Crippen molar-refractivity contribution in [2.75, 3.05) is 7.11 Å². The SMILES string of the molecule is COC(=O)Cc1cc(F)c(F)c(F)c1. The van der Waals surface area contributed by atoms with Crippen molar-refractivity contribution in [3.63, 3.8) is 0 Å². The van der Waals surface area contributed by atoms with Gasteiger partial charge in [0.2, 0.25) is 0 Å². The van der Waals surface area contributed by atoms with Crippen molar-refractivity contribution in [2.24, 2.45) is 0 Å². The number of hydrogen-bond donors (Lipinski definition) is 0. The Morgan fingerprint density at radius 3 is 2.21 bits per heavy atom. The van der Waals surface area contributed by atoms with Gasteiger partial charge in [0, 0.05) is 0 Å². The zero-order chi connectivity index (χ0) is 10.7. The molecule has 0 aliphatic heterocycles. The molecule has 1 aromatic carbocycles. The Bertz CT molecular complexity index is 340. The van der Waals surface area contributed by atoms with Crippen molar-refractivity contribution in [2.45, 2.75) is 6.42 Å². The molecule has 0 aromatic heterocycles. The number of ether oxygens (including phenoxy) is 1. The average Bonchev–Trinajstić information content (AvgIpc) is 2.14. The highest BCUT2D eigenvalue weighted by atomic mass is 19.2. The van der Waals surface area contributed by atoms with Crippen molar-refractivity contribution < 1.29 is 22.7 Å². The zero-order valence-corrected chi connectivity index (χ0v) is 7.31. The van der Waals surface area contributed by atoms with Crippen molar-refractivity contribution in [3.05, 3.63) is 35.1 Å². The summed E-state index contributed by atoms with van der Waals surface area (Å²) in [7, 11) is 1.15. The molecule has 1 aromatic rings. The van der Waals surface area contributed by atoms with Crippen LogP contribution in [-0.4, -0.2) is 13.1 Å². The number of halogens is 3. The van der Waals surface area contributed by atoms with Crippen molar-refractivity contribution in [3.8, 4) is 0 Å². The monoisotopic (exact) mass is 204 g/mol. The quantitative estimate of drug-likeness (QED) is 0.542. The first kappa shape index (κ1) is 10.6. The van der Waals surface area contributed by atoms with E-state index in [1.165, 1.54) is 0 Å². The van der Waals surface area contributed by atoms with Gasteiger partial charge in [0.1, 0.15) is 0 Å². The highest BCUT2D eigenvalue weighted by molar-refractivity contribution is 5.72. The molecule has 1 rings (SSSR count). The summed E-state index contributed by atoms with van der Waals surface area (Å²) in [5, 5.41) is 0. The fourth-order valence-electron chi connectivity index (χ4n) is 0.949. The van der Waals surface area contributed by atoms with Gasteiger partial charge in [-0.3, -0.25) is 4.79 Å². The van der Waals surface area contributed by atoms with Crippen molar-refractivity contribution in [1.29, 1.82) is 0 Å². The topological polar surface area (TPSA) is 26.3 Å². The summed E-state index contributed by atoms with van der Waals surface area (Å²) >= 11 is 0. The molecule has 0 spiro atoms. The maximum atomic E-state index is 12.6. The first-order valence-corrected chi connectivity index (χ1v) is 3.75. The molecule has 0 aliphatic carbocycles. The minimum atomic E-state index is -1.54. The average molecular weight is 204 g/mol. The van der Waals surface area contributed by atoms with E-state index in [9.17, 15) is 18.0 Å². The molecular weight excluding hydrogens is 197 g/mol. The molecule has 2 nitrogen and oxygen atoms in total. The Kier molecular flexibility index (Phi) is 3.11. The van der Waals surface area contributed by atoms with Gasteiger partial charge in [-0.1, -0.05) is 0 Å². The van der Waals surface area contributed by atoms with Crippen LogP contribution in [0.25, 0.3) is 0 Å². The highest BCUT2D eigenvalue weighted by Gasteiger charge is 2.12. The maximum absolute atomic E-state index is 12.6. The van der Waals surface area contributed by atoms with E-state index in [0.717, 1.165) is 19.2 Å². The lowest BCUT2D eigenvalue weighted by Gasteiger charge is -2.01. The van der Waals surface area contributed by atoms with Crippen LogP contribution in [0.3, 0.4) is 0 Å². The molecule has 0 aliphatic rings. The molecule has 0 saturated carbocycles. The van der Waals surface area contributed by atoms with Crippen LogP contribution in [0.5, 0.6) is 0 Å². The Labute approximate surface area is 78.3 Å². The molecule has 0 saturated heterocycles. The van der Waals surface area contributed by atoms with Crippen LogP contribution >= 0.6 is 0 Å². The smallest absolute Gasteiger partial charge is 0.309 e. The third-order valence-electron chi connectivity index (χ3n) is 1.62. The van der Waals surface area contributed by atoms with E-state index in [-0.39, 0.29) is 12.0 Å². The van der Waals surface area contributed by atoms with E-state index in [4.69, 9.17) is 0 Å². The van der Waals surface area contributed by atoms with Crippen LogP contribution in [0.15, 0.2) is 12.1 Å². The molecule has 0 unspecified atom stereocenters. The molecule has 0 amide bonds. The number of hydrogen-bond acceptors (Lipinski definition) is 2. The van der Waals surface area contributed by atoms with E-state index in [1.807, 2.05) is 0 Å². The molecule has 0 fully saturated rings. The van der Waals surface area contributed by atoms with Gasteiger partial charge in [0.15, 0.2) is 17.5 Å². The second-order valence-electron chi connectivity index (χ2n) is 2.63. The third-order valence-corrected chi connectivity index (χ3v) is 1.62. The minimum absolute atomic E-state index is 0.0354. The Hall–Kier alpha value is -1.52. The van der Waals surface area contributed by atoms with E-state index < -0.39 is 23.4 Å². The van der Waals surface area contributed by atoms with Crippen molar-refractivity contribution >= 4 is 5.97 Å². The number of benzene rings is 1. The van der Waals surface area contributed by atoms with E-state index in [2.05, 4.69) is 4.74 Å². The summed E-state index contributed by atoms with van der Waals surface area (Å²) in [6, 6.07) is 1.52. The Morgan fingerprint density at radius 1 is 1.29 bits per heavy atom. The molecule has 0 atom stereocenters. The summed E-state index contributed by atoms with van der Waals surface area (Å²) in [5.41, 5.74) is 0.0354. The van der Waals surface area contributed by atoms with Crippen LogP contribution < -0.4 is 0 Å². The summed E-state index contributed by atoms with van der Waals surface area (Å²) in [6.45, 7) is 0. The first-order chi connectivity index (χ1) is 6.54. The lowest BCUT2D eigenvalue weighted by Crippen LogP contribution is -2.06. The van der Waals surface area contributed by atoms with Gasteiger partial charge in [0.05, 0.1) is 13.5 Å². The normalized spacial score (nSPS) is 10.0. The Balaban J connectivity index is 2.95. The van der Waals surface area contributed by atoms with Crippen LogP contribution in [0, 0.1) is 17.5 Å². The minimum Gasteiger partial charge on any atom is -0.469 e. The van der Waals surface area contributed by atoms with Gasteiger partial charge in [-0.15, -0.1) is 0 Å². The third kappa shape index (κ3) is 2.25. The maximum Gasteiger partial charge on any atom is 0.309 e. The molecular formula is C9H7F3O2. The van der Waals surface area contributed by atoms with Gasteiger partial charge in [-0.25, -0.2) is 13.2 Å². The molecule has 0 bridgehead atoms. The second kappa shape index (κ2) is 4.13. The molecule has 14 heavy (non-hydrogen) atoms. The fourth-order valence-corrected chi connectivity index (χ4v) is 0.949. The number of rotatable bonds is 2. The number of esters is 1. The predicted octanol–water partition coefficient (Wildman–Crippen LogP) is 1.82. The van der Waals surface area contributed by atoms with Gasteiger partial charge in [0.25, 0.3) is 0 Å². The van der Waals surface area contributed by atoms with Gasteiger partial charge in [-0.2, -0.15) is 0 Å². The zero-order valence-electron chi connectivity index (χ0n) is 7.31. The molecule has 0 heterocycles. The van der Waals surface area contributed by atoms with Crippen LogP contribution in [0.1, 0.15) is 5.56 Å². The molecule has 0 radical (unpaired) electrons. The molecule has 0 N–H and O–H groups in total. The van der Waals surface area contributed by atoms with Gasteiger partial charge >= 0.3 is 5.97 Å². The summed E-state index contributed by atoms with van der Waals surface area (Å²) < 4.78 is 42.0. The van der Waals surface area contributed by atoms with Crippen LogP contribution in [0.2, 0.25) is 0 Å². The predicted molar refractivity (Wildman–Crippen MR) is 42.0 cm³/mol. The van der Waals surface area contributed by atoms with Gasteiger partial charge < -0.3 is 4.74 Å². The fraction of sp³-hybridized carbons (Fsp3) is 0.222. The first-order valence-electron chi connectivity index (χ1n) is 3.75. The van der Waals surface area contributed by atoms with Gasteiger partial charge in [-0.05, 0) is 17.7 Å². The molecule has 5 heteroatoms. The summed E-state index contributed by atoms with van der Waals surface area (Å²) in [4.78, 5) is 10.7. The lowest BCUT2D eigenvalue weighted by molar-refractivity contribution is -0.139. The molecule has 76 valence electrons. The van der Waals surface area contributed by atoms with E-state index in [1.54, 1.807) is 0 Å². The second-order valence-corrected chi connectivity index (χ2v) is 2.63. The highest BCUT2D eigenvalue weighted by Crippen LogP contribution is 2.14. The largest absolute Gasteiger partial charge is 0.469 e. The summed E-state index contributed by atoms with van der Waals surface area (Å²) in [5.74, 6) is -4.82. The standard InChI is InChI=1S/C9H7F3O2/c1-14-8(13)4-5-2-6(10)9(12)7(11)3-5/h2-3H,4H2,1H3. The Morgan fingerprint density at radius 2 is 1.79 bits per heavy atom. The van der Waals surface area contributed by atoms with E-state index in [0.29, 0.717) is 0 Å². The number of carbonyl (C=O) groups is 1. The number of carbonyl (C=O) groups excluding carboxylic acids is 1.